The number of aliphatic imine (C=N–C) groups is 1. The Balaban J connectivity index is 0.00000280. The SMILES string of the molecule is CN=C(NCCCN1CCN(C)CC1c1ccccc1)NCc1cccs1.I. The second kappa shape index (κ2) is 12.4. The molecule has 0 spiro atoms. The first kappa shape index (κ1) is 23.1. The van der Waals surface area contributed by atoms with E-state index in [1.165, 1.54) is 10.4 Å². The lowest BCUT2D eigenvalue weighted by Crippen LogP contribution is -2.47. The van der Waals surface area contributed by atoms with E-state index in [2.05, 4.69) is 80.3 Å². The molecule has 1 unspecified atom stereocenters. The lowest BCUT2D eigenvalue weighted by atomic mass is 10.0. The van der Waals surface area contributed by atoms with Crippen molar-refractivity contribution < 1.29 is 0 Å². The summed E-state index contributed by atoms with van der Waals surface area (Å²) in [6.45, 7) is 6.22. The van der Waals surface area contributed by atoms with Gasteiger partial charge in [-0.1, -0.05) is 36.4 Å². The van der Waals surface area contributed by atoms with Crippen LogP contribution in [0.4, 0.5) is 0 Å². The Morgan fingerprint density at radius 2 is 1.96 bits per heavy atom. The fourth-order valence-electron chi connectivity index (χ4n) is 3.51. The molecule has 2 heterocycles. The van der Waals surface area contributed by atoms with Gasteiger partial charge in [0.1, 0.15) is 0 Å². The van der Waals surface area contributed by atoms with Crippen LogP contribution in [-0.2, 0) is 6.54 Å². The van der Waals surface area contributed by atoms with E-state index in [1.807, 2.05) is 7.05 Å². The number of rotatable bonds is 7. The number of guanidine groups is 1. The van der Waals surface area contributed by atoms with Crippen LogP contribution in [0.25, 0.3) is 0 Å². The number of benzene rings is 1. The fraction of sp³-hybridized carbons (Fsp3) is 0.476. The van der Waals surface area contributed by atoms with E-state index in [-0.39, 0.29) is 24.0 Å². The summed E-state index contributed by atoms with van der Waals surface area (Å²) in [4.78, 5) is 10.7. The molecule has 0 amide bonds. The normalized spacial score (nSPS) is 18.5. The molecule has 0 bridgehead atoms. The number of nitrogens with one attached hydrogen (secondary N) is 2. The Bertz CT molecular complexity index is 692. The zero-order chi connectivity index (χ0) is 18.9. The monoisotopic (exact) mass is 513 g/mol. The molecule has 1 aliphatic heterocycles. The molecule has 1 atom stereocenters. The zero-order valence-corrected chi connectivity index (χ0v) is 20.0. The van der Waals surface area contributed by atoms with Crippen molar-refractivity contribution in [3.63, 3.8) is 0 Å². The van der Waals surface area contributed by atoms with Crippen molar-refractivity contribution in [2.24, 2.45) is 4.99 Å². The number of piperazine rings is 1. The van der Waals surface area contributed by atoms with Gasteiger partial charge in [-0.15, -0.1) is 35.3 Å². The molecule has 0 radical (unpaired) electrons. The van der Waals surface area contributed by atoms with Crippen molar-refractivity contribution >= 4 is 41.3 Å². The van der Waals surface area contributed by atoms with Crippen LogP contribution >= 0.6 is 35.3 Å². The van der Waals surface area contributed by atoms with E-state index in [1.54, 1.807) is 11.3 Å². The number of halogens is 1. The van der Waals surface area contributed by atoms with Gasteiger partial charge in [-0.05, 0) is 30.5 Å². The third-order valence-corrected chi connectivity index (χ3v) is 5.90. The van der Waals surface area contributed by atoms with Crippen molar-refractivity contribution in [1.29, 1.82) is 0 Å². The molecule has 0 saturated carbocycles. The van der Waals surface area contributed by atoms with E-state index in [4.69, 9.17) is 0 Å². The van der Waals surface area contributed by atoms with Crippen LogP contribution in [0.1, 0.15) is 22.9 Å². The van der Waals surface area contributed by atoms with Gasteiger partial charge in [0, 0.05) is 50.7 Å². The Morgan fingerprint density at radius 3 is 2.68 bits per heavy atom. The lowest BCUT2D eigenvalue weighted by molar-refractivity contribution is 0.0891. The first-order valence-corrected chi connectivity index (χ1v) is 10.6. The second-order valence-corrected chi connectivity index (χ2v) is 8.04. The molecule has 7 heteroatoms. The van der Waals surface area contributed by atoms with E-state index in [0.717, 1.165) is 51.6 Å². The minimum Gasteiger partial charge on any atom is -0.356 e. The predicted octanol–water partition coefficient (Wildman–Crippen LogP) is 3.41. The number of likely N-dealkylation sites (N-methyl/N-ethyl adjacent to an activating group) is 1. The summed E-state index contributed by atoms with van der Waals surface area (Å²) in [6.07, 6.45) is 1.10. The van der Waals surface area contributed by atoms with Crippen molar-refractivity contribution in [1.82, 2.24) is 20.4 Å². The second-order valence-electron chi connectivity index (χ2n) is 7.01. The highest BCUT2D eigenvalue weighted by Crippen LogP contribution is 2.24. The van der Waals surface area contributed by atoms with E-state index in [9.17, 15) is 0 Å². The molecule has 2 N–H and O–H groups in total. The number of hydrogen-bond acceptors (Lipinski definition) is 4. The Labute approximate surface area is 190 Å². The summed E-state index contributed by atoms with van der Waals surface area (Å²) in [7, 11) is 4.05. The van der Waals surface area contributed by atoms with Gasteiger partial charge in [-0.3, -0.25) is 9.89 Å². The lowest BCUT2D eigenvalue weighted by Gasteiger charge is -2.40. The van der Waals surface area contributed by atoms with Gasteiger partial charge in [-0.2, -0.15) is 0 Å². The number of thiophene rings is 1. The summed E-state index contributed by atoms with van der Waals surface area (Å²) in [5.41, 5.74) is 1.42. The maximum Gasteiger partial charge on any atom is 0.191 e. The molecule has 5 nitrogen and oxygen atoms in total. The molecular formula is C21H32IN5S. The highest BCUT2D eigenvalue weighted by Gasteiger charge is 2.25. The molecule has 2 aromatic rings. The molecule has 1 saturated heterocycles. The van der Waals surface area contributed by atoms with Crippen LogP contribution in [0, 0.1) is 0 Å². The first-order valence-electron chi connectivity index (χ1n) is 9.70. The van der Waals surface area contributed by atoms with E-state index in [0.29, 0.717) is 6.04 Å². The molecule has 1 aromatic carbocycles. The minimum absolute atomic E-state index is 0. The van der Waals surface area contributed by atoms with Gasteiger partial charge < -0.3 is 15.5 Å². The smallest absolute Gasteiger partial charge is 0.191 e. The average Bonchev–Trinajstić information content (AvgIpc) is 3.22. The van der Waals surface area contributed by atoms with Gasteiger partial charge in [0.2, 0.25) is 0 Å². The standard InChI is InChI=1S/C21H31N5S.HI/c1-22-21(24-16-19-10-6-15-27-19)23-11-7-12-26-14-13-25(2)17-20(26)18-8-4-3-5-9-18;/h3-6,8-10,15,20H,7,11-14,16-17H2,1-2H3,(H2,22,23,24);1H. The van der Waals surface area contributed by atoms with Crippen LogP contribution in [0.15, 0.2) is 52.8 Å². The molecule has 1 aromatic heterocycles. The molecule has 0 aliphatic carbocycles. The average molecular weight is 513 g/mol. The third kappa shape index (κ3) is 7.02. The summed E-state index contributed by atoms with van der Waals surface area (Å²) < 4.78 is 0. The van der Waals surface area contributed by atoms with Gasteiger partial charge in [0.15, 0.2) is 5.96 Å². The van der Waals surface area contributed by atoms with Crippen molar-refractivity contribution in [2.45, 2.75) is 19.0 Å². The maximum atomic E-state index is 4.32. The summed E-state index contributed by atoms with van der Waals surface area (Å²) in [6, 6.07) is 15.6. The Hall–Kier alpha value is -1.16. The van der Waals surface area contributed by atoms with Crippen LogP contribution in [0.3, 0.4) is 0 Å². The summed E-state index contributed by atoms with van der Waals surface area (Å²) in [5.74, 6) is 0.876. The molecule has 154 valence electrons. The van der Waals surface area contributed by atoms with Crippen molar-refractivity contribution in [3.8, 4) is 0 Å². The van der Waals surface area contributed by atoms with Gasteiger partial charge in [0.05, 0.1) is 6.54 Å². The highest BCUT2D eigenvalue weighted by molar-refractivity contribution is 14.0. The highest BCUT2D eigenvalue weighted by atomic mass is 127. The number of nitrogens with zero attached hydrogens (tertiary/aromatic N) is 3. The number of hydrogen-bond donors (Lipinski definition) is 2. The van der Waals surface area contributed by atoms with Gasteiger partial charge >= 0.3 is 0 Å². The van der Waals surface area contributed by atoms with Crippen LogP contribution in [-0.4, -0.2) is 62.6 Å². The topological polar surface area (TPSA) is 42.9 Å². The predicted molar refractivity (Wildman–Crippen MR) is 131 cm³/mol. The van der Waals surface area contributed by atoms with Crippen molar-refractivity contribution in [3.05, 3.63) is 58.3 Å². The zero-order valence-electron chi connectivity index (χ0n) is 16.8. The molecule has 1 aliphatic rings. The minimum atomic E-state index is 0. The van der Waals surface area contributed by atoms with Crippen LogP contribution < -0.4 is 10.6 Å². The Morgan fingerprint density at radius 1 is 1.14 bits per heavy atom. The largest absolute Gasteiger partial charge is 0.356 e. The van der Waals surface area contributed by atoms with Crippen LogP contribution in [0.2, 0.25) is 0 Å². The molecule has 28 heavy (non-hydrogen) atoms. The molecule has 1 fully saturated rings. The van der Waals surface area contributed by atoms with E-state index < -0.39 is 0 Å². The first-order chi connectivity index (χ1) is 13.3. The maximum absolute atomic E-state index is 4.32. The van der Waals surface area contributed by atoms with Crippen molar-refractivity contribution in [2.75, 3.05) is 46.8 Å². The summed E-state index contributed by atoms with van der Waals surface area (Å²) in [5, 5.41) is 8.92. The summed E-state index contributed by atoms with van der Waals surface area (Å²) >= 11 is 1.76. The van der Waals surface area contributed by atoms with Gasteiger partial charge in [0.25, 0.3) is 0 Å². The third-order valence-electron chi connectivity index (χ3n) is 5.03. The van der Waals surface area contributed by atoms with Gasteiger partial charge in [-0.25, -0.2) is 0 Å². The Kier molecular flexibility index (Phi) is 10.3. The quantitative estimate of drug-likeness (QED) is 0.258. The molecular weight excluding hydrogens is 481 g/mol. The van der Waals surface area contributed by atoms with E-state index >= 15 is 0 Å². The molecule has 3 rings (SSSR count). The fourth-order valence-corrected chi connectivity index (χ4v) is 4.15. The van der Waals surface area contributed by atoms with Crippen LogP contribution in [0.5, 0.6) is 0 Å².